The molecule has 1 aromatic carbocycles. The number of benzene rings is 1. The molecule has 0 atom stereocenters. The van der Waals surface area contributed by atoms with E-state index in [-0.39, 0.29) is 10.1 Å². The lowest BCUT2D eigenvalue weighted by Gasteiger charge is -2.40. The van der Waals surface area contributed by atoms with E-state index in [1.807, 2.05) is 18.2 Å². The summed E-state index contributed by atoms with van der Waals surface area (Å²) in [5.74, 6) is 4.31. The van der Waals surface area contributed by atoms with Crippen molar-refractivity contribution in [3.8, 4) is 23.8 Å². The summed E-state index contributed by atoms with van der Waals surface area (Å²) in [7, 11) is -3.97. The normalized spacial score (nSPS) is 13.4. The molecule has 0 amide bonds. The van der Waals surface area contributed by atoms with Gasteiger partial charge in [0.1, 0.15) is 5.75 Å². The van der Waals surface area contributed by atoms with E-state index in [2.05, 4.69) is 73.7 Å². The molecular weight excluding hydrogens is 328 g/mol. The zero-order valence-electron chi connectivity index (χ0n) is 17.1. The minimum atomic E-state index is -2.01. The smallest absolute Gasteiger partial charge is 0.250 e. The van der Waals surface area contributed by atoms with Gasteiger partial charge in [-0.15, -0.1) is 6.42 Å². The lowest BCUT2D eigenvalue weighted by Crippen LogP contribution is -2.46. The number of hydrogen-bond acceptors (Lipinski definition) is 2. The molecule has 0 heterocycles. The average Bonchev–Trinajstić information content (AvgIpc) is 2.37. The zero-order chi connectivity index (χ0) is 19.0. The molecule has 0 aliphatic rings. The van der Waals surface area contributed by atoms with Crippen LogP contribution in [0.5, 0.6) is 11.5 Å². The van der Waals surface area contributed by atoms with Crippen LogP contribution in [0.4, 0.5) is 0 Å². The zero-order valence-corrected chi connectivity index (χ0v) is 19.1. The van der Waals surface area contributed by atoms with Crippen molar-refractivity contribution in [2.75, 3.05) is 0 Å². The maximum atomic E-state index is 6.57. The van der Waals surface area contributed by atoms with Gasteiger partial charge in [0.25, 0.3) is 16.6 Å². The first-order chi connectivity index (χ1) is 10.6. The van der Waals surface area contributed by atoms with Crippen LogP contribution in [-0.4, -0.2) is 16.6 Å². The highest BCUT2D eigenvalue weighted by Gasteiger charge is 2.42. The van der Waals surface area contributed by atoms with Crippen LogP contribution >= 0.6 is 0 Å². The molecule has 0 aliphatic heterocycles. The van der Waals surface area contributed by atoms with Gasteiger partial charge in [0.2, 0.25) is 0 Å². The van der Waals surface area contributed by atoms with Gasteiger partial charge in [0, 0.05) is 0 Å². The van der Waals surface area contributed by atoms with Gasteiger partial charge in [-0.3, -0.25) is 0 Å². The quantitative estimate of drug-likeness (QED) is 0.453. The molecule has 24 heavy (non-hydrogen) atoms. The van der Waals surface area contributed by atoms with Gasteiger partial charge >= 0.3 is 0 Å². The molecule has 0 radical (unpaired) electrons. The third-order valence-electron chi connectivity index (χ3n) is 5.47. The molecule has 0 fully saturated rings. The summed E-state index contributed by atoms with van der Waals surface area (Å²) in [5, 5.41) is 0.219. The minimum absolute atomic E-state index is 0.100. The standard InChI is InChI=1S/C20H34O2Si2/c1-12-16-14-13-15-17(21-23(8,9)19(2,3)4)18(16)22-24(10,11)20(5,6)7/h1,13-15H,2-11H3. The molecule has 134 valence electrons. The topological polar surface area (TPSA) is 18.5 Å². The molecule has 1 rings (SSSR count). The fourth-order valence-electron chi connectivity index (χ4n) is 1.65. The molecule has 0 unspecified atom stereocenters. The molecule has 0 N–H and O–H groups in total. The number of hydrogen-bond donors (Lipinski definition) is 0. The number of terminal acetylenes is 1. The van der Waals surface area contributed by atoms with Crippen molar-refractivity contribution in [1.82, 2.24) is 0 Å². The summed E-state index contributed by atoms with van der Waals surface area (Å²) in [6.45, 7) is 22.3. The molecular formula is C20H34O2Si2. The highest BCUT2D eigenvalue weighted by atomic mass is 28.4. The molecule has 0 saturated heterocycles. The van der Waals surface area contributed by atoms with E-state index in [9.17, 15) is 0 Å². The van der Waals surface area contributed by atoms with Gasteiger partial charge < -0.3 is 8.85 Å². The Hall–Kier alpha value is -1.19. The van der Waals surface area contributed by atoms with Crippen molar-refractivity contribution >= 4 is 16.6 Å². The van der Waals surface area contributed by atoms with E-state index in [4.69, 9.17) is 15.3 Å². The van der Waals surface area contributed by atoms with Gasteiger partial charge in [-0.2, -0.15) is 0 Å². The molecule has 1 aromatic rings. The van der Waals surface area contributed by atoms with Crippen LogP contribution in [-0.2, 0) is 0 Å². The van der Waals surface area contributed by atoms with Crippen molar-refractivity contribution < 1.29 is 8.85 Å². The van der Waals surface area contributed by atoms with Crippen LogP contribution in [0.15, 0.2) is 18.2 Å². The van der Waals surface area contributed by atoms with Crippen molar-refractivity contribution in [1.29, 1.82) is 0 Å². The lowest BCUT2D eigenvalue weighted by molar-refractivity contribution is 0.440. The first-order valence-electron chi connectivity index (χ1n) is 8.60. The predicted octanol–water partition coefficient (Wildman–Crippen LogP) is 6.44. The SMILES string of the molecule is C#Cc1cccc(O[Si](C)(C)C(C)(C)C)c1O[Si](C)(C)C(C)(C)C. The monoisotopic (exact) mass is 362 g/mol. The summed E-state index contributed by atoms with van der Waals surface area (Å²) in [4.78, 5) is 0. The van der Waals surface area contributed by atoms with Crippen LogP contribution in [0.3, 0.4) is 0 Å². The highest BCUT2D eigenvalue weighted by Crippen LogP contribution is 2.44. The van der Waals surface area contributed by atoms with E-state index < -0.39 is 16.6 Å². The van der Waals surface area contributed by atoms with E-state index in [0.717, 1.165) is 17.1 Å². The predicted molar refractivity (Wildman–Crippen MR) is 110 cm³/mol. The molecule has 0 spiro atoms. The van der Waals surface area contributed by atoms with Gasteiger partial charge in [0.05, 0.1) is 5.56 Å². The van der Waals surface area contributed by atoms with E-state index in [1.54, 1.807) is 0 Å². The second-order valence-electron chi connectivity index (χ2n) is 9.50. The number of para-hydroxylation sites is 1. The van der Waals surface area contributed by atoms with Crippen molar-refractivity contribution in [3.05, 3.63) is 23.8 Å². The molecule has 0 bridgehead atoms. The second-order valence-corrected chi connectivity index (χ2v) is 19.0. The second kappa shape index (κ2) is 6.61. The lowest BCUT2D eigenvalue weighted by atomic mass is 10.2. The minimum Gasteiger partial charge on any atom is -0.541 e. The Morgan fingerprint density at radius 1 is 0.833 bits per heavy atom. The maximum absolute atomic E-state index is 6.57. The summed E-state index contributed by atoms with van der Waals surface area (Å²) >= 11 is 0. The average molecular weight is 363 g/mol. The van der Waals surface area contributed by atoms with Crippen LogP contribution in [0.2, 0.25) is 36.3 Å². The maximum Gasteiger partial charge on any atom is 0.250 e. The fraction of sp³-hybridized carbons (Fsp3) is 0.600. The summed E-state index contributed by atoms with van der Waals surface area (Å²) < 4.78 is 13.1. The molecule has 4 heteroatoms. The van der Waals surface area contributed by atoms with Gasteiger partial charge in [0.15, 0.2) is 5.75 Å². The van der Waals surface area contributed by atoms with E-state index >= 15 is 0 Å². The summed E-state index contributed by atoms with van der Waals surface area (Å²) in [5.41, 5.74) is 0.774. The Kier molecular flexibility index (Phi) is 5.74. The molecule has 0 saturated carbocycles. The molecule has 2 nitrogen and oxygen atoms in total. The Balaban J connectivity index is 3.38. The number of rotatable bonds is 4. The Labute approximate surface area is 151 Å². The Morgan fingerprint density at radius 3 is 1.71 bits per heavy atom. The largest absolute Gasteiger partial charge is 0.541 e. The van der Waals surface area contributed by atoms with Gasteiger partial charge in [-0.05, 0) is 48.4 Å². The van der Waals surface area contributed by atoms with E-state index in [1.165, 1.54) is 0 Å². The van der Waals surface area contributed by atoms with Crippen LogP contribution < -0.4 is 8.85 Å². The first-order valence-corrected chi connectivity index (χ1v) is 14.4. The Bertz CT molecular complexity index is 627. The first kappa shape index (κ1) is 20.9. The van der Waals surface area contributed by atoms with Crippen LogP contribution in [0, 0.1) is 12.3 Å². The Morgan fingerprint density at radius 2 is 1.29 bits per heavy atom. The van der Waals surface area contributed by atoms with Crippen LogP contribution in [0.1, 0.15) is 47.1 Å². The van der Waals surface area contributed by atoms with E-state index in [0.29, 0.717) is 0 Å². The summed E-state index contributed by atoms with van der Waals surface area (Å²) in [6, 6.07) is 5.88. The third kappa shape index (κ3) is 4.46. The molecule has 0 aliphatic carbocycles. The molecule has 0 aromatic heterocycles. The van der Waals surface area contributed by atoms with Crippen molar-refractivity contribution in [2.45, 2.75) is 77.8 Å². The summed E-state index contributed by atoms with van der Waals surface area (Å²) in [6.07, 6.45) is 5.74. The van der Waals surface area contributed by atoms with Crippen molar-refractivity contribution in [3.63, 3.8) is 0 Å². The highest BCUT2D eigenvalue weighted by molar-refractivity contribution is 6.75. The third-order valence-corrected chi connectivity index (χ3v) is 14.1. The van der Waals surface area contributed by atoms with Gasteiger partial charge in [-0.25, -0.2) is 0 Å². The fourth-order valence-corrected chi connectivity index (χ4v) is 3.70. The van der Waals surface area contributed by atoms with Crippen LogP contribution in [0.25, 0.3) is 0 Å². The van der Waals surface area contributed by atoms with Gasteiger partial charge in [-0.1, -0.05) is 53.5 Å². The van der Waals surface area contributed by atoms with Crippen molar-refractivity contribution in [2.24, 2.45) is 0 Å².